The number of carbonyl (C=O) groups is 2. The zero-order valence-corrected chi connectivity index (χ0v) is 16.7. The molecule has 0 radical (unpaired) electrons. The topological polar surface area (TPSA) is 99.2 Å². The fourth-order valence-electron chi connectivity index (χ4n) is 2.37. The minimum atomic E-state index is -5.08. The number of halogens is 3. The Bertz CT molecular complexity index is 1010. The molecule has 0 atom stereocenters. The maximum atomic E-state index is 12.3. The first-order valence-corrected chi connectivity index (χ1v) is 9.23. The molecule has 29 heavy (non-hydrogen) atoms. The normalized spacial score (nSPS) is 11.1. The largest absolute Gasteiger partial charge is 0.490 e. The summed E-state index contributed by atoms with van der Waals surface area (Å²) in [7, 11) is 1.81. The van der Waals surface area contributed by atoms with Gasteiger partial charge in [0.2, 0.25) is 5.91 Å². The van der Waals surface area contributed by atoms with E-state index in [0.29, 0.717) is 12.8 Å². The van der Waals surface area contributed by atoms with Gasteiger partial charge in [-0.25, -0.2) is 14.8 Å². The van der Waals surface area contributed by atoms with Crippen molar-refractivity contribution in [3.8, 4) is 0 Å². The van der Waals surface area contributed by atoms with Crippen molar-refractivity contribution in [1.29, 1.82) is 0 Å². The van der Waals surface area contributed by atoms with Crippen molar-refractivity contribution in [2.24, 2.45) is 0 Å². The van der Waals surface area contributed by atoms with Crippen molar-refractivity contribution in [3.63, 3.8) is 0 Å². The molecule has 0 aliphatic heterocycles. The van der Waals surface area contributed by atoms with Crippen LogP contribution in [0.3, 0.4) is 0 Å². The number of amides is 1. The van der Waals surface area contributed by atoms with Crippen molar-refractivity contribution >= 4 is 39.1 Å². The number of carboxylic acid groups (broad SMARTS) is 1. The number of imidazole rings is 1. The van der Waals surface area contributed by atoms with Gasteiger partial charge in [-0.1, -0.05) is 0 Å². The lowest BCUT2D eigenvalue weighted by Gasteiger charge is -2.17. The highest BCUT2D eigenvalue weighted by Crippen LogP contribution is 2.26. The molecule has 0 saturated heterocycles. The minimum absolute atomic E-state index is 0.0784. The number of anilines is 1. The molecule has 0 aliphatic carbocycles. The van der Waals surface area contributed by atoms with Crippen molar-refractivity contribution in [2.45, 2.75) is 32.9 Å². The van der Waals surface area contributed by atoms with Crippen molar-refractivity contribution in [2.75, 3.05) is 11.9 Å². The average Bonchev–Trinajstić information content (AvgIpc) is 3.22. The lowest BCUT2D eigenvalue weighted by Crippen LogP contribution is -2.26. The van der Waals surface area contributed by atoms with Crippen LogP contribution in [0.1, 0.15) is 22.9 Å². The highest BCUT2D eigenvalue weighted by atomic mass is 32.1. The number of thiazole rings is 1. The lowest BCUT2D eigenvalue weighted by molar-refractivity contribution is -0.192. The molecule has 0 unspecified atom stereocenters. The second-order valence-electron chi connectivity index (χ2n) is 6.15. The lowest BCUT2D eigenvalue weighted by atomic mass is 10.2. The van der Waals surface area contributed by atoms with Gasteiger partial charge in [0, 0.05) is 37.5 Å². The predicted octanol–water partition coefficient (Wildman–Crippen LogP) is 3.87. The summed E-state index contributed by atoms with van der Waals surface area (Å²) in [4.78, 5) is 34.8. The number of aromatic amines is 1. The van der Waals surface area contributed by atoms with Crippen LogP contribution in [0.5, 0.6) is 0 Å². The molecular formula is C18H19F3N4O3S. The van der Waals surface area contributed by atoms with Gasteiger partial charge in [-0.3, -0.25) is 4.79 Å². The van der Waals surface area contributed by atoms with Crippen LogP contribution >= 0.6 is 11.3 Å². The summed E-state index contributed by atoms with van der Waals surface area (Å²) < 4.78 is 32.8. The molecule has 3 aromatic rings. The zero-order valence-electron chi connectivity index (χ0n) is 15.9. The fraction of sp³-hybridized carbons (Fsp3) is 0.333. The van der Waals surface area contributed by atoms with Gasteiger partial charge in [0.1, 0.15) is 5.82 Å². The minimum Gasteiger partial charge on any atom is -0.475 e. The number of hydrogen-bond donors (Lipinski definition) is 2. The molecular weight excluding hydrogens is 409 g/mol. The van der Waals surface area contributed by atoms with Crippen LogP contribution in [0.2, 0.25) is 0 Å². The molecule has 156 valence electrons. The molecule has 0 fully saturated rings. The van der Waals surface area contributed by atoms with E-state index in [-0.39, 0.29) is 5.91 Å². The van der Waals surface area contributed by atoms with Crippen LogP contribution in [0.25, 0.3) is 10.2 Å². The Balaban J connectivity index is 0.000000370. The highest BCUT2D eigenvalue weighted by molar-refractivity contribution is 7.18. The van der Waals surface area contributed by atoms with E-state index in [2.05, 4.69) is 15.0 Å². The number of aryl methyl sites for hydroxylation is 3. The smallest absolute Gasteiger partial charge is 0.475 e. The molecule has 0 bridgehead atoms. The first-order chi connectivity index (χ1) is 13.5. The van der Waals surface area contributed by atoms with Crippen LogP contribution in [0.4, 0.5) is 18.9 Å². The number of rotatable bonds is 4. The summed E-state index contributed by atoms with van der Waals surface area (Å²) in [6, 6.07) is 5.93. The second-order valence-corrected chi connectivity index (χ2v) is 7.39. The Kier molecular flexibility index (Phi) is 6.96. The molecule has 0 aliphatic rings. The molecule has 2 heterocycles. The van der Waals surface area contributed by atoms with Crippen molar-refractivity contribution < 1.29 is 27.9 Å². The molecule has 0 saturated carbocycles. The number of fused-ring (bicyclic) bond motifs is 1. The average molecular weight is 428 g/mol. The summed E-state index contributed by atoms with van der Waals surface area (Å²) >= 11 is 1.64. The molecule has 1 amide bonds. The third-order valence-electron chi connectivity index (χ3n) is 3.81. The number of aliphatic carboxylic acids is 1. The van der Waals surface area contributed by atoms with Gasteiger partial charge in [0.25, 0.3) is 0 Å². The first kappa shape index (κ1) is 22.3. The van der Waals surface area contributed by atoms with E-state index >= 15 is 0 Å². The van der Waals surface area contributed by atoms with Crippen LogP contribution in [0, 0.1) is 13.8 Å². The summed E-state index contributed by atoms with van der Waals surface area (Å²) in [6.07, 6.45) is -2.24. The van der Waals surface area contributed by atoms with Crippen LogP contribution in [-0.2, 0) is 16.0 Å². The van der Waals surface area contributed by atoms with Gasteiger partial charge < -0.3 is 15.0 Å². The monoisotopic (exact) mass is 428 g/mol. The maximum Gasteiger partial charge on any atom is 0.490 e. The summed E-state index contributed by atoms with van der Waals surface area (Å²) in [6.45, 7) is 3.95. The van der Waals surface area contributed by atoms with Crippen LogP contribution in [-0.4, -0.2) is 45.2 Å². The number of nitrogens with one attached hydrogen (secondary N) is 1. The van der Waals surface area contributed by atoms with Crippen molar-refractivity contribution in [1.82, 2.24) is 15.0 Å². The van der Waals surface area contributed by atoms with E-state index in [1.165, 1.54) is 0 Å². The number of carbonyl (C=O) groups excluding carboxylic acids is 1. The molecule has 11 heteroatoms. The third kappa shape index (κ3) is 6.28. The van der Waals surface area contributed by atoms with Crippen LogP contribution < -0.4 is 4.90 Å². The third-order valence-corrected chi connectivity index (χ3v) is 4.75. The summed E-state index contributed by atoms with van der Waals surface area (Å²) in [5.41, 5.74) is 2.90. The SMILES string of the molecule is Cc1cnc(CCC(=O)N(C)c2ccc3nc(C)sc3c2)[nH]1.O=C(O)C(F)(F)F. The molecule has 7 nitrogen and oxygen atoms in total. The van der Waals surface area contributed by atoms with E-state index in [0.717, 1.165) is 32.4 Å². The van der Waals surface area contributed by atoms with E-state index in [1.807, 2.05) is 39.1 Å². The Hall–Kier alpha value is -2.95. The summed E-state index contributed by atoms with van der Waals surface area (Å²) in [5.74, 6) is -1.82. The van der Waals surface area contributed by atoms with E-state index in [4.69, 9.17) is 9.90 Å². The number of carboxylic acids is 1. The van der Waals surface area contributed by atoms with Gasteiger partial charge in [0.15, 0.2) is 0 Å². The quantitative estimate of drug-likeness (QED) is 0.657. The Morgan fingerprint density at radius 1 is 1.28 bits per heavy atom. The van der Waals surface area contributed by atoms with E-state index in [9.17, 15) is 18.0 Å². The number of hydrogen-bond acceptors (Lipinski definition) is 5. The Morgan fingerprint density at radius 2 is 1.93 bits per heavy atom. The second kappa shape index (κ2) is 9.03. The number of alkyl halides is 3. The van der Waals surface area contributed by atoms with E-state index in [1.54, 1.807) is 22.4 Å². The molecule has 3 rings (SSSR count). The molecule has 1 aromatic carbocycles. The Labute approximate surface area is 168 Å². The van der Waals surface area contributed by atoms with Gasteiger partial charge in [0.05, 0.1) is 15.2 Å². The molecule has 2 aromatic heterocycles. The standard InChI is InChI=1S/C16H18N4OS.C2HF3O2/c1-10-9-17-15(18-10)6-7-16(21)20(3)12-4-5-13-14(8-12)22-11(2)19-13;3-2(4,5)1(6)7/h4-5,8-9H,6-7H2,1-3H3,(H,17,18);(H,6,7). The predicted molar refractivity (Wildman–Crippen MR) is 103 cm³/mol. The van der Waals surface area contributed by atoms with Gasteiger partial charge >= 0.3 is 12.1 Å². The van der Waals surface area contributed by atoms with Gasteiger partial charge in [-0.15, -0.1) is 11.3 Å². The zero-order chi connectivity index (χ0) is 21.8. The van der Waals surface area contributed by atoms with Gasteiger partial charge in [-0.2, -0.15) is 13.2 Å². The number of aromatic nitrogens is 3. The maximum absolute atomic E-state index is 12.3. The van der Waals surface area contributed by atoms with Gasteiger partial charge in [-0.05, 0) is 32.0 Å². The van der Waals surface area contributed by atoms with E-state index < -0.39 is 12.1 Å². The number of H-pyrrole nitrogens is 1. The van der Waals surface area contributed by atoms with Crippen LogP contribution in [0.15, 0.2) is 24.4 Å². The summed E-state index contributed by atoms with van der Waals surface area (Å²) in [5, 5.41) is 8.16. The fourth-order valence-corrected chi connectivity index (χ4v) is 3.23. The first-order valence-electron chi connectivity index (χ1n) is 8.41. The molecule has 0 spiro atoms. The molecule has 2 N–H and O–H groups in total. The highest BCUT2D eigenvalue weighted by Gasteiger charge is 2.38. The van der Waals surface area contributed by atoms with Crippen molar-refractivity contribution in [3.05, 3.63) is 40.9 Å². The Morgan fingerprint density at radius 3 is 2.48 bits per heavy atom. The number of nitrogens with zero attached hydrogens (tertiary/aromatic N) is 3. The number of benzene rings is 1.